The number of aliphatic carboxylic acids is 1. The first-order valence-corrected chi connectivity index (χ1v) is 7.22. The van der Waals surface area contributed by atoms with E-state index in [0.29, 0.717) is 11.6 Å². The molecule has 1 aliphatic heterocycles. The first-order chi connectivity index (χ1) is 9.59. The second-order valence-electron chi connectivity index (χ2n) is 4.25. The van der Waals surface area contributed by atoms with E-state index in [0.717, 1.165) is 0 Å². The van der Waals surface area contributed by atoms with Crippen LogP contribution in [0.2, 0.25) is 0 Å². The van der Waals surface area contributed by atoms with Crippen molar-refractivity contribution in [1.29, 1.82) is 0 Å². The molecule has 0 aliphatic carbocycles. The van der Waals surface area contributed by atoms with Crippen molar-refractivity contribution in [2.24, 2.45) is 0 Å². The van der Waals surface area contributed by atoms with Gasteiger partial charge in [-0.2, -0.15) is 0 Å². The van der Waals surface area contributed by atoms with E-state index < -0.39 is 17.8 Å². The number of nitrogens with zero attached hydrogens (tertiary/aromatic N) is 1. The van der Waals surface area contributed by atoms with Crippen LogP contribution < -0.4 is 4.74 Å². The maximum atomic E-state index is 13.3. The summed E-state index contributed by atoms with van der Waals surface area (Å²) in [6, 6.07) is 5.16. The van der Waals surface area contributed by atoms with E-state index in [4.69, 9.17) is 9.84 Å². The Kier molecular flexibility index (Phi) is 4.84. The molecule has 1 fully saturated rings. The van der Waals surface area contributed by atoms with Gasteiger partial charge >= 0.3 is 5.97 Å². The van der Waals surface area contributed by atoms with Gasteiger partial charge in [-0.05, 0) is 12.1 Å². The monoisotopic (exact) mass is 299 g/mol. The van der Waals surface area contributed by atoms with Crippen molar-refractivity contribution in [2.45, 2.75) is 12.5 Å². The third-order valence-corrected chi connectivity index (χ3v) is 3.91. The molecule has 1 aliphatic rings. The van der Waals surface area contributed by atoms with Gasteiger partial charge in [-0.25, -0.2) is 9.18 Å². The van der Waals surface area contributed by atoms with Gasteiger partial charge < -0.3 is 14.7 Å². The SMILES string of the molecule is O=C(O)[C@@H]1CSCN1C(=O)CCOc1ccccc1F. The molecule has 0 aromatic heterocycles. The minimum Gasteiger partial charge on any atom is -0.490 e. The number of carboxylic acids is 1. The number of carbonyl (C=O) groups excluding carboxylic acids is 1. The van der Waals surface area contributed by atoms with Crippen LogP contribution in [-0.2, 0) is 9.59 Å². The van der Waals surface area contributed by atoms with Crippen LogP contribution in [-0.4, -0.2) is 46.2 Å². The molecule has 1 heterocycles. The highest BCUT2D eigenvalue weighted by molar-refractivity contribution is 7.99. The Balaban J connectivity index is 1.84. The van der Waals surface area contributed by atoms with E-state index >= 15 is 0 Å². The topological polar surface area (TPSA) is 66.8 Å². The van der Waals surface area contributed by atoms with E-state index in [2.05, 4.69) is 0 Å². The van der Waals surface area contributed by atoms with Gasteiger partial charge in [0.2, 0.25) is 5.91 Å². The number of hydrogen-bond donors (Lipinski definition) is 1. The fraction of sp³-hybridized carbons (Fsp3) is 0.385. The second kappa shape index (κ2) is 6.60. The van der Waals surface area contributed by atoms with Gasteiger partial charge in [0.15, 0.2) is 11.6 Å². The number of rotatable bonds is 5. The highest BCUT2D eigenvalue weighted by Gasteiger charge is 2.34. The summed E-state index contributed by atoms with van der Waals surface area (Å²) in [4.78, 5) is 24.2. The van der Waals surface area contributed by atoms with E-state index in [1.165, 1.54) is 28.8 Å². The van der Waals surface area contributed by atoms with E-state index in [1.807, 2.05) is 0 Å². The second-order valence-corrected chi connectivity index (χ2v) is 5.25. The molecule has 1 amide bonds. The molecule has 0 spiro atoms. The Morgan fingerprint density at radius 1 is 1.45 bits per heavy atom. The van der Waals surface area contributed by atoms with Gasteiger partial charge in [-0.3, -0.25) is 4.79 Å². The molecule has 2 rings (SSSR count). The number of ether oxygens (including phenoxy) is 1. The lowest BCUT2D eigenvalue weighted by Crippen LogP contribution is -2.42. The summed E-state index contributed by atoms with van der Waals surface area (Å²) >= 11 is 1.40. The maximum absolute atomic E-state index is 13.3. The van der Waals surface area contributed by atoms with Crippen LogP contribution in [0.25, 0.3) is 0 Å². The first-order valence-electron chi connectivity index (χ1n) is 6.07. The Hall–Kier alpha value is -1.76. The van der Waals surface area contributed by atoms with Crippen LogP contribution in [0.4, 0.5) is 4.39 Å². The molecule has 20 heavy (non-hydrogen) atoms. The van der Waals surface area contributed by atoms with Crippen LogP contribution in [0.5, 0.6) is 5.75 Å². The lowest BCUT2D eigenvalue weighted by Gasteiger charge is -2.20. The average molecular weight is 299 g/mol. The third-order valence-electron chi connectivity index (χ3n) is 2.90. The number of halogens is 1. The van der Waals surface area contributed by atoms with Crippen molar-refractivity contribution in [3.05, 3.63) is 30.1 Å². The predicted molar refractivity (Wildman–Crippen MR) is 72.1 cm³/mol. The van der Waals surface area contributed by atoms with E-state index in [-0.39, 0.29) is 24.7 Å². The molecule has 1 atom stereocenters. The highest BCUT2D eigenvalue weighted by Crippen LogP contribution is 2.22. The average Bonchev–Trinajstić information content (AvgIpc) is 2.90. The normalized spacial score (nSPS) is 18.1. The number of para-hydroxylation sites is 1. The Labute approximate surface area is 119 Å². The van der Waals surface area contributed by atoms with Crippen molar-refractivity contribution in [3.63, 3.8) is 0 Å². The van der Waals surface area contributed by atoms with Crippen LogP contribution >= 0.6 is 11.8 Å². The summed E-state index contributed by atoms with van der Waals surface area (Å²) in [7, 11) is 0. The molecule has 1 aromatic rings. The van der Waals surface area contributed by atoms with Crippen molar-refractivity contribution in [1.82, 2.24) is 4.90 Å². The lowest BCUT2D eigenvalue weighted by molar-refractivity contribution is -0.147. The zero-order chi connectivity index (χ0) is 14.5. The van der Waals surface area contributed by atoms with E-state index in [1.54, 1.807) is 12.1 Å². The van der Waals surface area contributed by atoms with Crippen LogP contribution in [0.15, 0.2) is 24.3 Å². The van der Waals surface area contributed by atoms with Gasteiger partial charge in [-0.1, -0.05) is 12.1 Å². The molecular weight excluding hydrogens is 285 g/mol. The van der Waals surface area contributed by atoms with Crippen LogP contribution in [0.1, 0.15) is 6.42 Å². The van der Waals surface area contributed by atoms with E-state index in [9.17, 15) is 14.0 Å². The molecule has 1 saturated heterocycles. The highest BCUT2D eigenvalue weighted by atomic mass is 32.2. The van der Waals surface area contributed by atoms with Crippen LogP contribution in [0, 0.1) is 5.82 Å². The number of hydrogen-bond acceptors (Lipinski definition) is 4. The quantitative estimate of drug-likeness (QED) is 0.894. The number of amides is 1. The minimum atomic E-state index is -1.00. The number of carboxylic acid groups (broad SMARTS) is 1. The summed E-state index contributed by atoms with van der Waals surface area (Å²) in [5, 5.41) is 8.98. The Morgan fingerprint density at radius 2 is 2.20 bits per heavy atom. The molecule has 7 heteroatoms. The molecule has 0 bridgehead atoms. The molecule has 5 nitrogen and oxygen atoms in total. The Morgan fingerprint density at radius 3 is 2.90 bits per heavy atom. The zero-order valence-electron chi connectivity index (χ0n) is 10.6. The van der Waals surface area contributed by atoms with Gasteiger partial charge in [0.1, 0.15) is 6.04 Å². The predicted octanol–water partition coefficient (Wildman–Crippen LogP) is 1.58. The summed E-state index contributed by atoms with van der Waals surface area (Å²) in [5.41, 5.74) is 0. The standard InChI is InChI=1S/C13H14FNO4S/c14-9-3-1-2-4-11(9)19-6-5-12(16)15-8-20-7-10(15)13(17)18/h1-4,10H,5-8H2,(H,17,18)/t10-/m0/s1. The smallest absolute Gasteiger partial charge is 0.327 e. The molecule has 1 aromatic carbocycles. The largest absolute Gasteiger partial charge is 0.490 e. The van der Waals surface area contributed by atoms with Gasteiger partial charge in [0.25, 0.3) is 0 Å². The maximum Gasteiger partial charge on any atom is 0.327 e. The fourth-order valence-electron chi connectivity index (χ4n) is 1.85. The first kappa shape index (κ1) is 14.6. The summed E-state index contributed by atoms with van der Waals surface area (Å²) in [6.07, 6.45) is 0.0265. The van der Waals surface area contributed by atoms with Crippen molar-refractivity contribution in [2.75, 3.05) is 18.2 Å². The number of benzene rings is 1. The summed E-state index contributed by atoms with van der Waals surface area (Å²) in [5.74, 6) is -0.923. The molecule has 0 radical (unpaired) electrons. The van der Waals surface area contributed by atoms with Crippen molar-refractivity contribution in [3.8, 4) is 5.75 Å². The minimum absolute atomic E-state index is 0.0211. The Bertz CT molecular complexity index is 511. The number of thioether (sulfide) groups is 1. The van der Waals surface area contributed by atoms with Gasteiger partial charge in [0, 0.05) is 5.75 Å². The molecule has 1 N–H and O–H groups in total. The fourth-order valence-corrected chi connectivity index (χ4v) is 3.02. The summed E-state index contributed by atoms with van der Waals surface area (Å²) < 4.78 is 18.5. The van der Waals surface area contributed by atoms with Crippen molar-refractivity contribution >= 4 is 23.6 Å². The lowest BCUT2D eigenvalue weighted by atomic mass is 10.2. The molecule has 0 saturated carbocycles. The third kappa shape index (κ3) is 3.41. The van der Waals surface area contributed by atoms with Gasteiger partial charge in [0.05, 0.1) is 18.9 Å². The van der Waals surface area contributed by atoms with Gasteiger partial charge in [-0.15, -0.1) is 11.8 Å². The van der Waals surface area contributed by atoms with Crippen LogP contribution in [0.3, 0.4) is 0 Å². The van der Waals surface area contributed by atoms with Crippen molar-refractivity contribution < 1.29 is 23.8 Å². The zero-order valence-corrected chi connectivity index (χ0v) is 11.4. The molecule has 108 valence electrons. The molecule has 0 unspecified atom stereocenters. The summed E-state index contributed by atoms with van der Waals surface area (Å²) in [6.45, 7) is 0.0211. The number of carbonyl (C=O) groups is 2. The molecular formula is C13H14FNO4S.